The number of hydrogen-bond donors (Lipinski definition) is 0. The van der Waals surface area contributed by atoms with E-state index in [1.807, 2.05) is 53.8 Å². The van der Waals surface area contributed by atoms with E-state index in [0.29, 0.717) is 6.01 Å². The Morgan fingerprint density at radius 2 is 2.00 bits per heavy atom. The average molecular weight is 424 g/mol. The van der Waals surface area contributed by atoms with E-state index in [9.17, 15) is 0 Å². The number of benzene rings is 1. The van der Waals surface area contributed by atoms with Crippen molar-refractivity contribution in [1.82, 2.24) is 19.9 Å². The molecule has 31 heavy (non-hydrogen) atoms. The second-order valence-electron chi connectivity index (χ2n) is 8.82. The van der Waals surface area contributed by atoms with Gasteiger partial charge in [0.15, 0.2) is 5.82 Å². The van der Waals surface area contributed by atoms with E-state index >= 15 is 0 Å². The maximum Gasteiger partial charge on any atom is 0.324 e. The summed E-state index contributed by atoms with van der Waals surface area (Å²) in [6, 6.07) is 8.84. The van der Waals surface area contributed by atoms with E-state index in [-0.39, 0.29) is 0 Å². The summed E-state index contributed by atoms with van der Waals surface area (Å²) >= 11 is 0. The van der Waals surface area contributed by atoms with Crippen molar-refractivity contribution in [2.45, 2.75) is 39.0 Å². The first-order valence-corrected chi connectivity index (χ1v) is 11.4. The maximum atomic E-state index is 6.01. The van der Waals surface area contributed by atoms with Crippen LogP contribution in [0, 0.1) is 17.8 Å². The van der Waals surface area contributed by atoms with Gasteiger partial charge in [-0.2, -0.15) is 4.98 Å². The molecule has 0 unspecified atom stereocenters. The molecule has 1 aliphatic heterocycles. The van der Waals surface area contributed by atoms with Gasteiger partial charge in [0.05, 0.1) is 13.7 Å². The third-order valence-corrected chi connectivity index (χ3v) is 6.67. The lowest BCUT2D eigenvalue weighted by Gasteiger charge is -2.30. The molecule has 0 amide bonds. The van der Waals surface area contributed by atoms with E-state index in [0.717, 1.165) is 67.6 Å². The number of rotatable bonds is 8. The highest BCUT2D eigenvalue weighted by molar-refractivity contribution is 5.36. The maximum absolute atomic E-state index is 6.01. The van der Waals surface area contributed by atoms with Gasteiger partial charge in [0, 0.05) is 24.6 Å². The lowest BCUT2D eigenvalue weighted by atomic mass is 9.90. The lowest BCUT2D eigenvalue weighted by Crippen LogP contribution is -2.34. The van der Waals surface area contributed by atoms with Crippen molar-refractivity contribution in [2.24, 2.45) is 24.8 Å². The fourth-order valence-electron chi connectivity index (χ4n) is 4.74. The van der Waals surface area contributed by atoms with Gasteiger partial charge < -0.3 is 14.2 Å². The molecule has 0 bridgehead atoms. The minimum absolute atomic E-state index is 0.698. The Bertz CT molecular complexity index is 990. The molecule has 3 heterocycles. The summed E-state index contributed by atoms with van der Waals surface area (Å²) in [6.45, 7) is 4.89. The zero-order valence-electron chi connectivity index (χ0n) is 18.4. The van der Waals surface area contributed by atoms with Gasteiger partial charge in [0.25, 0.3) is 6.33 Å². The zero-order chi connectivity index (χ0) is 21.2. The first-order chi connectivity index (χ1) is 15.2. The van der Waals surface area contributed by atoms with Gasteiger partial charge in [-0.15, -0.1) is 0 Å². The van der Waals surface area contributed by atoms with Crippen molar-refractivity contribution in [3.8, 4) is 11.4 Å². The van der Waals surface area contributed by atoms with Crippen LogP contribution in [0.15, 0.2) is 41.4 Å². The predicted molar refractivity (Wildman–Crippen MR) is 115 cm³/mol. The zero-order valence-corrected chi connectivity index (χ0v) is 18.4. The van der Waals surface area contributed by atoms with E-state index in [1.165, 1.54) is 19.3 Å². The normalized spacial score (nSPS) is 21.4. The van der Waals surface area contributed by atoms with Crippen LogP contribution in [0.2, 0.25) is 0 Å². The fourth-order valence-corrected chi connectivity index (χ4v) is 4.74. The van der Waals surface area contributed by atoms with Crippen molar-refractivity contribution in [3.63, 3.8) is 0 Å². The van der Waals surface area contributed by atoms with Crippen molar-refractivity contribution < 1.29 is 13.8 Å². The number of ether oxygens (including phenoxy) is 1. The number of aryl methyl sites for hydroxylation is 2. The molecule has 2 fully saturated rings. The SMILES string of the molecule is CCc1noc(N2CCC([C@H]3C[C@H]3CCOc3ccc(-n4c[n+](C)cn4)cc3)CC2)n1. The molecule has 2 atom stereocenters. The minimum atomic E-state index is 0.698. The number of anilines is 1. The van der Waals surface area contributed by atoms with Crippen molar-refractivity contribution in [1.29, 1.82) is 0 Å². The molecule has 1 aromatic carbocycles. The summed E-state index contributed by atoms with van der Waals surface area (Å²) in [4.78, 5) is 6.72. The van der Waals surface area contributed by atoms with Gasteiger partial charge in [0.2, 0.25) is 6.33 Å². The van der Waals surface area contributed by atoms with Crippen LogP contribution in [-0.2, 0) is 13.5 Å². The number of aromatic nitrogens is 5. The second-order valence-corrected chi connectivity index (χ2v) is 8.82. The monoisotopic (exact) mass is 423 g/mol. The highest BCUT2D eigenvalue weighted by Gasteiger charge is 2.43. The van der Waals surface area contributed by atoms with E-state index < -0.39 is 0 Å². The van der Waals surface area contributed by atoms with Crippen molar-refractivity contribution >= 4 is 6.01 Å². The molecule has 8 nitrogen and oxygen atoms in total. The Balaban J connectivity index is 1.03. The quantitative estimate of drug-likeness (QED) is 0.519. The smallest absolute Gasteiger partial charge is 0.324 e. The molecule has 2 aromatic heterocycles. The molecule has 1 aliphatic carbocycles. The van der Waals surface area contributed by atoms with Crippen molar-refractivity contribution in [2.75, 3.05) is 24.6 Å². The molecule has 5 rings (SSSR count). The van der Waals surface area contributed by atoms with Gasteiger partial charge in [0.1, 0.15) is 11.4 Å². The van der Waals surface area contributed by atoms with Crippen LogP contribution in [0.25, 0.3) is 5.69 Å². The standard InChI is InChI=1S/C23H31N6O2/c1-3-22-25-23(31-26-22)28-11-8-17(9-12-28)21-14-18(21)10-13-30-20-6-4-19(5-7-20)29-16-27(2)15-24-29/h4-7,15-18,21H,3,8-14H2,1-2H3/q+1/t18-,21-/m1/s1. The van der Waals surface area contributed by atoms with Crippen LogP contribution in [0.1, 0.15) is 38.4 Å². The highest BCUT2D eigenvalue weighted by atomic mass is 16.5. The van der Waals surface area contributed by atoms with E-state index in [2.05, 4.69) is 20.1 Å². The summed E-state index contributed by atoms with van der Waals surface area (Å²) in [7, 11) is 1.96. The van der Waals surface area contributed by atoms with Gasteiger partial charge in [-0.05, 0) is 67.7 Å². The molecular formula is C23H31N6O2+. The first-order valence-electron chi connectivity index (χ1n) is 11.4. The van der Waals surface area contributed by atoms with Crippen LogP contribution in [-0.4, -0.2) is 39.6 Å². The van der Waals surface area contributed by atoms with Gasteiger partial charge in [-0.1, -0.05) is 16.8 Å². The van der Waals surface area contributed by atoms with Crippen LogP contribution in [0.4, 0.5) is 6.01 Å². The summed E-state index contributed by atoms with van der Waals surface area (Å²) in [6.07, 6.45) is 9.48. The fraction of sp³-hybridized carbons (Fsp3) is 0.565. The molecule has 164 valence electrons. The second kappa shape index (κ2) is 8.69. The Hall–Kier alpha value is -2.90. The molecular weight excluding hydrogens is 392 g/mol. The first kappa shape index (κ1) is 20.0. The molecule has 2 aliphatic rings. The summed E-state index contributed by atoms with van der Waals surface area (Å²) in [5.41, 5.74) is 1.04. The highest BCUT2D eigenvalue weighted by Crippen LogP contribution is 2.49. The van der Waals surface area contributed by atoms with Crippen LogP contribution in [0.5, 0.6) is 5.75 Å². The topological polar surface area (TPSA) is 73.1 Å². The number of hydrogen-bond acceptors (Lipinski definition) is 6. The van der Waals surface area contributed by atoms with Crippen LogP contribution >= 0.6 is 0 Å². The van der Waals surface area contributed by atoms with Crippen LogP contribution < -0.4 is 14.2 Å². The number of nitrogens with zero attached hydrogens (tertiary/aromatic N) is 6. The molecule has 0 N–H and O–H groups in total. The van der Waals surface area contributed by atoms with E-state index in [4.69, 9.17) is 9.26 Å². The molecule has 0 radical (unpaired) electrons. The lowest BCUT2D eigenvalue weighted by molar-refractivity contribution is -0.672. The summed E-state index contributed by atoms with van der Waals surface area (Å²) in [5, 5.41) is 8.33. The molecule has 3 aromatic rings. The average Bonchev–Trinajstić information content (AvgIpc) is 3.19. The minimum Gasteiger partial charge on any atom is -0.494 e. The molecule has 1 saturated carbocycles. The third kappa shape index (κ3) is 4.57. The Kier molecular flexibility index (Phi) is 5.61. The Labute approximate surface area is 182 Å². The largest absolute Gasteiger partial charge is 0.494 e. The Morgan fingerprint density at radius 1 is 1.19 bits per heavy atom. The predicted octanol–water partition coefficient (Wildman–Crippen LogP) is 2.96. The molecule has 0 spiro atoms. The van der Waals surface area contributed by atoms with Crippen molar-refractivity contribution in [3.05, 3.63) is 42.7 Å². The van der Waals surface area contributed by atoms with Gasteiger partial charge >= 0.3 is 6.01 Å². The summed E-state index contributed by atoms with van der Waals surface area (Å²) in [5.74, 6) is 4.23. The van der Waals surface area contributed by atoms with E-state index in [1.54, 1.807) is 6.33 Å². The summed E-state index contributed by atoms with van der Waals surface area (Å²) < 4.78 is 15.2. The van der Waals surface area contributed by atoms with Gasteiger partial charge in [-0.3, -0.25) is 0 Å². The van der Waals surface area contributed by atoms with Gasteiger partial charge in [-0.25, -0.2) is 4.57 Å². The third-order valence-electron chi connectivity index (χ3n) is 6.67. The number of piperidine rings is 1. The Morgan fingerprint density at radius 3 is 2.68 bits per heavy atom. The van der Waals surface area contributed by atoms with Crippen LogP contribution in [0.3, 0.4) is 0 Å². The molecule has 1 saturated heterocycles. The molecule has 8 heteroatoms.